The van der Waals surface area contributed by atoms with Crippen molar-refractivity contribution in [2.45, 2.75) is 52.1 Å². The Morgan fingerprint density at radius 2 is 2.09 bits per heavy atom. The fraction of sp³-hybridized carbons (Fsp3) is 0.611. The summed E-state index contributed by atoms with van der Waals surface area (Å²) in [5, 5.41) is 3.02. The van der Waals surface area contributed by atoms with Gasteiger partial charge in [0.15, 0.2) is 0 Å². The van der Waals surface area contributed by atoms with E-state index in [-0.39, 0.29) is 5.91 Å². The highest BCUT2D eigenvalue weighted by molar-refractivity contribution is 5.78. The predicted molar refractivity (Wildman–Crippen MR) is 89.0 cm³/mol. The summed E-state index contributed by atoms with van der Waals surface area (Å²) < 4.78 is 5.48. The first-order valence-corrected chi connectivity index (χ1v) is 8.45. The van der Waals surface area contributed by atoms with Crippen molar-refractivity contribution < 1.29 is 9.53 Å². The summed E-state index contributed by atoms with van der Waals surface area (Å²) in [5.41, 5.74) is 1.07. The Balaban J connectivity index is 1.80. The third kappa shape index (κ3) is 5.02. The Labute approximate surface area is 133 Å². The van der Waals surface area contributed by atoms with Gasteiger partial charge in [-0.15, -0.1) is 0 Å². The molecule has 22 heavy (non-hydrogen) atoms. The number of carbonyl (C=O) groups is 1. The summed E-state index contributed by atoms with van der Waals surface area (Å²) in [6.45, 7) is 6.77. The van der Waals surface area contributed by atoms with Crippen molar-refractivity contribution in [1.29, 1.82) is 0 Å². The third-order valence-corrected chi connectivity index (χ3v) is 4.29. The lowest BCUT2D eigenvalue weighted by atomic mass is 10.2. The monoisotopic (exact) mass is 304 g/mol. The van der Waals surface area contributed by atoms with Gasteiger partial charge in [0.25, 0.3) is 0 Å². The molecule has 1 saturated carbocycles. The summed E-state index contributed by atoms with van der Waals surface area (Å²) in [7, 11) is 0. The fourth-order valence-electron chi connectivity index (χ4n) is 3.12. The minimum absolute atomic E-state index is 0.107. The molecule has 0 saturated heterocycles. The van der Waals surface area contributed by atoms with Crippen molar-refractivity contribution >= 4 is 5.91 Å². The molecular weight excluding hydrogens is 276 g/mol. The lowest BCUT2D eigenvalue weighted by Gasteiger charge is -2.26. The van der Waals surface area contributed by atoms with Gasteiger partial charge in [-0.05, 0) is 44.0 Å². The fourth-order valence-corrected chi connectivity index (χ4v) is 3.12. The van der Waals surface area contributed by atoms with Crippen LogP contribution in [0.5, 0.6) is 5.75 Å². The highest BCUT2D eigenvalue weighted by Gasteiger charge is 2.22. The van der Waals surface area contributed by atoms with Crippen LogP contribution in [-0.2, 0) is 11.3 Å². The number of nitrogens with one attached hydrogen (secondary N) is 1. The zero-order valence-corrected chi connectivity index (χ0v) is 13.8. The lowest BCUT2D eigenvalue weighted by Crippen LogP contribution is -2.41. The maximum atomic E-state index is 12.2. The first-order chi connectivity index (χ1) is 10.7. The standard InChI is InChI=1S/C18H28N2O2/c1-3-20(16-9-5-6-10-16)14-18(21)19-13-15-8-7-11-17(12-15)22-4-2/h7-8,11-12,16H,3-6,9-10,13-14H2,1-2H3,(H,19,21). The van der Waals surface area contributed by atoms with E-state index in [2.05, 4.69) is 17.1 Å². The number of hydrogen-bond donors (Lipinski definition) is 1. The molecule has 4 nitrogen and oxygen atoms in total. The summed E-state index contributed by atoms with van der Waals surface area (Å²) in [4.78, 5) is 14.5. The quantitative estimate of drug-likeness (QED) is 0.803. The molecule has 2 rings (SSSR count). The van der Waals surface area contributed by atoms with E-state index in [0.717, 1.165) is 17.9 Å². The second-order valence-corrected chi connectivity index (χ2v) is 5.86. The van der Waals surface area contributed by atoms with Crippen LogP contribution in [0.2, 0.25) is 0 Å². The van der Waals surface area contributed by atoms with Crippen LogP contribution < -0.4 is 10.1 Å². The van der Waals surface area contributed by atoms with Gasteiger partial charge < -0.3 is 10.1 Å². The molecule has 0 bridgehead atoms. The van der Waals surface area contributed by atoms with Gasteiger partial charge in [-0.2, -0.15) is 0 Å². The van der Waals surface area contributed by atoms with Crippen molar-refractivity contribution in [2.24, 2.45) is 0 Å². The number of likely N-dealkylation sites (N-methyl/N-ethyl adjacent to an activating group) is 1. The minimum atomic E-state index is 0.107. The van der Waals surface area contributed by atoms with Crippen LogP contribution in [-0.4, -0.2) is 36.5 Å². The molecule has 1 fully saturated rings. The van der Waals surface area contributed by atoms with Crippen LogP contribution in [0.25, 0.3) is 0 Å². The van der Waals surface area contributed by atoms with Gasteiger partial charge in [-0.1, -0.05) is 31.9 Å². The molecule has 0 radical (unpaired) electrons. The van der Waals surface area contributed by atoms with E-state index in [1.165, 1.54) is 25.7 Å². The Hall–Kier alpha value is -1.55. The topological polar surface area (TPSA) is 41.6 Å². The SMILES string of the molecule is CCOc1cccc(CNC(=O)CN(CC)C2CCCC2)c1. The largest absolute Gasteiger partial charge is 0.494 e. The molecule has 1 amide bonds. The Morgan fingerprint density at radius 3 is 2.77 bits per heavy atom. The summed E-state index contributed by atoms with van der Waals surface area (Å²) in [6, 6.07) is 8.49. The van der Waals surface area contributed by atoms with E-state index in [1.54, 1.807) is 0 Å². The average Bonchev–Trinajstić information content (AvgIpc) is 3.05. The van der Waals surface area contributed by atoms with E-state index in [9.17, 15) is 4.79 Å². The first-order valence-electron chi connectivity index (χ1n) is 8.45. The number of carbonyl (C=O) groups excluding carboxylic acids is 1. The third-order valence-electron chi connectivity index (χ3n) is 4.29. The maximum Gasteiger partial charge on any atom is 0.234 e. The Bertz CT molecular complexity index is 470. The molecule has 4 heteroatoms. The zero-order chi connectivity index (χ0) is 15.8. The van der Waals surface area contributed by atoms with Gasteiger partial charge in [0.05, 0.1) is 13.2 Å². The van der Waals surface area contributed by atoms with E-state index in [4.69, 9.17) is 4.74 Å². The number of amides is 1. The van der Waals surface area contributed by atoms with E-state index >= 15 is 0 Å². The van der Waals surface area contributed by atoms with Gasteiger partial charge in [-0.25, -0.2) is 0 Å². The van der Waals surface area contributed by atoms with Crippen LogP contribution in [0.1, 0.15) is 45.1 Å². The van der Waals surface area contributed by atoms with Crippen LogP contribution in [0.3, 0.4) is 0 Å². The zero-order valence-electron chi connectivity index (χ0n) is 13.8. The van der Waals surface area contributed by atoms with Crippen molar-refractivity contribution in [2.75, 3.05) is 19.7 Å². The van der Waals surface area contributed by atoms with Crippen molar-refractivity contribution in [3.63, 3.8) is 0 Å². The van der Waals surface area contributed by atoms with Gasteiger partial charge in [0.1, 0.15) is 5.75 Å². The maximum absolute atomic E-state index is 12.2. The average molecular weight is 304 g/mol. The van der Waals surface area contributed by atoms with Gasteiger partial charge in [0, 0.05) is 12.6 Å². The molecule has 0 heterocycles. The highest BCUT2D eigenvalue weighted by Crippen LogP contribution is 2.23. The predicted octanol–water partition coefficient (Wildman–Crippen LogP) is 2.97. The second-order valence-electron chi connectivity index (χ2n) is 5.86. The van der Waals surface area contributed by atoms with Crippen LogP contribution in [0.4, 0.5) is 0 Å². The van der Waals surface area contributed by atoms with Crippen molar-refractivity contribution in [3.05, 3.63) is 29.8 Å². The molecule has 0 aliphatic heterocycles. The minimum Gasteiger partial charge on any atom is -0.494 e. The number of nitrogens with zero attached hydrogens (tertiary/aromatic N) is 1. The van der Waals surface area contributed by atoms with Crippen LogP contribution >= 0.6 is 0 Å². The molecule has 1 aliphatic carbocycles. The van der Waals surface area contributed by atoms with E-state index in [1.807, 2.05) is 31.2 Å². The lowest BCUT2D eigenvalue weighted by molar-refractivity contribution is -0.122. The Morgan fingerprint density at radius 1 is 1.32 bits per heavy atom. The smallest absolute Gasteiger partial charge is 0.234 e. The van der Waals surface area contributed by atoms with Crippen molar-refractivity contribution in [1.82, 2.24) is 10.2 Å². The molecule has 1 aromatic rings. The molecule has 1 aliphatic rings. The summed E-state index contributed by atoms with van der Waals surface area (Å²) in [5.74, 6) is 0.964. The van der Waals surface area contributed by atoms with Crippen molar-refractivity contribution in [3.8, 4) is 5.75 Å². The highest BCUT2D eigenvalue weighted by atomic mass is 16.5. The summed E-state index contributed by atoms with van der Waals surface area (Å²) >= 11 is 0. The molecule has 0 unspecified atom stereocenters. The molecule has 1 aromatic carbocycles. The molecule has 122 valence electrons. The second kappa shape index (κ2) is 8.79. The first kappa shape index (κ1) is 16.8. The van der Waals surface area contributed by atoms with Gasteiger partial charge in [0.2, 0.25) is 5.91 Å². The van der Waals surface area contributed by atoms with E-state index in [0.29, 0.717) is 25.7 Å². The molecule has 0 atom stereocenters. The summed E-state index contributed by atoms with van der Waals surface area (Å²) in [6.07, 6.45) is 5.06. The number of hydrogen-bond acceptors (Lipinski definition) is 3. The van der Waals surface area contributed by atoms with Crippen LogP contribution in [0, 0.1) is 0 Å². The van der Waals surface area contributed by atoms with E-state index < -0.39 is 0 Å². The van der Waals surface area contributed by atoms with Gasteiger partial charge >= 0.3 is 0 Å². The molecule has 0 spiro atoms. The molecular formula is C18H28N2O2. The normalized spacial score (nSPS) is 15.2. The number of benzene rings is 1. The number of rotatable bonds is 8. The number of ether oxygens (including phenoxy) is 1. The Kier molecular flexibility index (Phi) is 6.72. The molecule has 1 N–H and O–H groups in total. The van der Waals surface area contributed by atoms with Crippen LogP contribution in [0.15, 0.2) is 24.3 Å². The van der Waals surface area contributed by atoms with Gasteiger partial charge in [-0.3, -0.25) is 9.69 Å². The molecule has 0 aromatic heterocycles.